The van der Waals surface area contributed by atoms with Crippen LogP contribution in [0.25, 0.3) is 0 Å². The zero-order valence-corrected chi connectivity index (χ0v) is 14.5. The smallest absolute Gasteiger partial charge is 0.330 e. The van der Waals surface area contributed by atoms with Gasteiger partial charge < -0.3 is 15.5 Å². The Labute approximate surface area is 141 Å². The van der Waals surface area contributed by atoms with Crippen molar-refractivity contribution in [1.82, 2.24) is 5.06 Å². The molecule has 1 aromatic carbocycles. The largest absolute Gasteiger partial charge is 0.368 e. The van der Waals surface area contributed by atoms with E-state index in [4.69, 9.17) is 10.6 Å². The lowest BCUT2D eigenvalue weighted by Crippen LogP contribution is -2.53. The number of halogens is 1. The Hall–Kier alpha value is -2.15. The molecule has 132 valence electrons. The normalized spacial score (nSPS) is 19.2. The molecule has 1 heterocycles. The number of hydroxylamine groups is 2. The molecule has 1 aromatic rings. The Morgan fingerprint density at radius 3 is 2.46 bits per heavy atom. The first-order valence-electron chi connectivity index (χ1n) is 7.93. The van der Waals surface area contributed by atoms with Gasteiger partial charge in [0.05, 0.1) is 23.6 Å². The predicted molar refractivity (Wildman–Crippen MR) is 88.8 cm³/mol. The summed E-state index contributed by atoms with van der Waals surface area (Å²) in [5, 5.41) is 1.66. The Bertz CT molecular complexity index is 642. The topological polar surface area (TPSA) is 75.9 Å². The Morgan fingerprint density at radius 1 is 1.29 bits per heavy atom. The van der Waals surface area contributed by atoms with Crippen molar-refractivity contribution in [3.8, 4) is 0 Å². The van der Waals surface area contributed by atoms with Crippen LogP contribution in [0.2, 0.25) is 0 Å². The van der Waals surface area contributed by atoms with Gasteiger partial charge in [0.15, 0.2) is 0 Å². The lowest BCUT2D eigenvalue weighted by atomic mass is 9.98. The highest BCUT2D eigenvalue weighted by atomic mass is 19.1. The van der Waals surface area contributed by atoms with Crippen LogP contribution in [0.1, 0.15) is 38.1 Å². The number of rotatable bonds is 3. The van der Waals surface area contributed by atoms with Crippen LogP contribution >= 0.6 is 0 Å². The van der Waals surface area contributed by atoms with Gasteiger partial charge in [0.25, 0.3) is 5.91 Å². The van der Waals surface area contributed by atoms with Gasteiger partial charge in [-0.1, -0.05) is 0 Å². The number of hydrogen-bond donors (Lipinski definition) is 1. The van der Waals surface area contributed by atoms with Crippen molar-refractivity contribution < 1.29 is 18.8 Å². The molecule has 7 heteroatoms. The van der Waals surface area contributed by atoms with Gasteiger partial charge >= 0.3 is 5.97 Å². The van der Waals surface area contributed by atoms with Crippen molar-refractivity contribution in [3.63, 3.8) is 0 Å². The second-order valence-corrected chi connectivity index (χ2v) is 7.09. The monoisotopic (exact) mass is 337 g/mol. The minimum Gasteiger partial charge on any atom is -0.368 e. The van der Waals surface area contributed by atoms with Gasteiger partial charge in [-0.05, 0) is 45.9 Å². The minimum absolute atomic E-state index is 0.0380. The molecule has 0 aromatic heterocycles. The Morgan fingerprint density at radius 2 is 1.96 bits per heavy atom. The first-order chi connectivity index (χ1) is 11.1. The number of primary amides is 1. The average molecular weight is 337 g/mol. The summed E-state index contributed by atoms with van der Waals surface area (Å²) in [4.78, 5) is 30.6. The molecule has 6 nitrogen and oxygen atoms in total. The van der Waals surface area contributed by atoms with Crippen LogP contribution in [-0.2, 0) is 9.63 Å². The van der Waals surface area contributed by atoms with E-state index < -0.39 is 17.1 Å². The van der Waals surface area contributed by atoms with E-state index in [2.05, 4.69) is 0 Å². The molecular formula is C17H24FN3O3. The van der Waals surface area contributed by atoms with Crippen molar-refractivity contribution in [2.45, 2.75) is 33.7 Å². The maximum absolute atomic E-state index is 13.9. The molecule has 1 atom stereocenters. The number of amides is 1. The highest BCUT2D eigenvalue weighted by Gasteiger charge is 2.31. The van der Waals surface area contributed by atoms with E-state index in [0.29, 0.717) is 25.3 Å². The van der Waals surface area contributed by atoms with Gasteiger partial charge in [-0.25, -0.2) is 9.18 Å². The summed E-state index contributed by atoms with van der Waals surface area (Å²) < 4.78 is 13.9. The number of piperazine rings is 1. The van der Waals surface area contributed by atoms with E-state index >= 15 is 0 Å². The summed E-state index contributed by atoms with van der Waals surface area (Å²) in [6.07, 6.45) is 0. The number of nitrogens with two attached hydrogens (primary N) is 1. The summed E-state index contributed by atoms with van der Waals surface area (Å²) in [5.41, 5.74) is 5.10. The molecule has 2 rings (SSSR count). The summed E-state index contributed by atoms with van der Waals surface area (Å²) in [5.74, 6) is -1.69. The number of anilines is 1. The number of carbonyl (C=O) groups is 2. The molecule has 0 saturated carbocycles. The fourth-order valence-corrected chi connectivity index (χ4v) is 2.46. The van der Waals surface area contributed by atoms with Crippen LogP contribution in [0.5, 0.6) is 0 Å². The van der Waals surface area contributed by atoms with E-state index in [-0.39, 0.29) is 17.6 Å². The summed E-state index contributed by atoms with van der Waals surface area (Å²) in [7, 11) is 0. The first kappa shape index (κ1) is 18.2. The van der Waals surface area contributed by atoms with Gasteiger partial charge in [0.1, 0.15) is 5.82 Å². The van der Waals surface area contributed by atoms with Crippen molar-refractivity contribution in [2.75, 3.05) is 24.5 Å². The summed E-state index contributed by atoms with van der Waals surface area (Å²) >= 11 is 0. The van der Waals surface area contributed by atoms with E-state index in [1.54, 1.807) is 31.9 Å². The van der Waals surface area contributed by atoms with E-state index in [9.17, 15) is 14.0 Å². The van der Waals surface area contributed by atoms with Gasteiger partial charge in [-0.15, -0.1) is 5.06 Å². The second-order valence-electron chi connectivity index (χ2n) is 7.09. The Balaban J connectivity index is 2.04. The average Bonchev–Trinajstić information content (AvgIpc) is 2.47. The van der Waals surface area contributed by atoms with Crippen LogP contribution in [0, 0.1) is 11.2 Å². The number of carbonyl (C=O) groups excluding carboxylic acids is 2. The van der Waals surface area contributed by atoms with Gasteiger partial charge in [0.2, 0.25) is 0 Å². The highest BCUT2D eigenvalue weighted by Crippen LogP contribution is 2.23. The molecule has 1 aliphatic rings. The van der Waals surface area contributed by atoms with Crippen molar-refractivity contribution in [1.29, 1.82) is 0 Å². The van der Waals surface area contributed by atoms with E-state index in [1.165, 1.54) is 12.1 Å². The molecule has 0 radical (unpaired) electrons. The van der Waals surface area contributed by atoms with E-state index in [0.717, 1.165) is 0 Å². The minimum atomic E-state index is -0.786. The molecule has 1 aliphatic heterocycles. The molecule has 24 heavy (non-hydrogen) atoms. The predicted octanol–water partition coefficient (Wildman–Crippen LogP) is 1.94. The highest BCUT2D eigenvalue weighted by molar-refractivity contribution is 5.93. The molecule has 0 aliphatic carbocycles. The number of hydrogen-bond acceptors (Lipinski definition) is 5. The van der Waals surface area contributed by atoms with E-state index in [1.807, 2.05) is 11.8 Å². The molecule has 0 unspecified atom stereocenters. The summed E-state index contributed by atoms with van der Waals surface area (Å²) in [6, 6.07) is 4.34. The van der Waals surface area contributed by atoms with Crippen LogP contribution in [0.3, 0.4) is 0 Å². The third-order valence-corrected chi connectivity index (χ3v) is 3.96. The zero-order chi connectivity index (χ0) is 18.1. The number of benzene rings is 1. The third-order valence-electron chi connectivity index (χ3n) is 3.96. The molecule has 1 saturated heterocycles. The maximum atomic E-state index is 13.9. The SMILES string of the molecule is C[C@@H]1CN(c2ccc(C(N)=O)c(F)c2)CCN1OC(=O)C(C)(C)C. The van der Waals surface area contributed by atoms with Crippen LogP contribution in [0.15, 0.2) is 18.2 Å². The lowest BCUT2D eigenvalue weighted by Gasteiger charge is -2.40. The fraction of sp³-hybridized carbons (Fsp3) is 0.529. The van der Waals surface area contributed by atoms with Crippen LogP contribution < -0.4 is 10.6 Å². The van der Waals surface area contributed by atoms with Gasteiger partial charge in [0, 0.05) is 18.8 Å². The van der Waals surface area contributed by atoms with Crippen molar-refractivity contribution in [2.24, 2.45) is 11.1 Å². The van der Waals surface area contributed by atoms with Gasteiger partial charge in [-0.2, -0.15) is 0 Å². The molecule has 1 fully saturated rings. The van der Waals surface area contributed by atoms with Crippen LogP contribution in [-0.4, -0.2) is 42.6 Å². The molecular weight excluding hydrogens is 313 g/mol. The van der Waals surface area contributed by atoms with Gasteiger partial charge in [-0.3, -0.25) is 4.79 Å². The molecule has 0 bridgehead atoms. The molecule has 0 spiro atoms. The lowest BCUT2D eigenvalue weighted by molar-refractivity contribution is -0.211. The zero-order valence-electron chi connectivity index (χ0n) is 14.5. The van der Waals surface area contributed by atoms with Crippen molar-refractivity contribution >= 4 is 17.6 Å². The standard InChI is InChI=1S/C17H24FN3O3/c1-11-10-20(7-8-21(11)24-16(23)17(2,3)4)12-5-6-13(15(19)22)14(18)9-12/h5-6,9,11H,7-8,10H2,1-4H3,(H2,19,22)/t11-/m1/s1. The second kappa shape index (κ2) is 6.76. The maximum Gasteiger partial charge on any atom is 0.330 e. The number of nitrogens with zero attached hydrogens (tertiary/aromatic N) is 2. The summed E-state index contributed by atoms with van der Waals surface area (Å²) in [6.45, 7) is 9.03. The molecule has 1 amide bonds. The first-order valence-corrected chi connectivity index (χ1v) is 7.93. The molecule has 2 N–H and O–H groups in total. The quantitative estimate of drug-likeness (QED) is 0.912. The third kappa shape index (κ3) is 4.03. The Kier molecular flexibility index (Phi) is 5.13. The fourth-order valence-electron chi connectivity index (χ4n) is 2.46. The van der Waals surface area contributed by atoms with Crippen LogP contribution in [0.4, 0.5) is 10.1 Å². The van der Waals surface area contributed by atoms with Crippen molar-refractivity contribution in [3.05, 3.63) is 29.6 Å².